The molecule has 2 heterocycles. The van der Waals surface area contributed by atoms with Gasteiger partial charge in [0.05, 0.1) is 8.69 Å². The molecule has 1 aromatic carbocycles. The van der Waals surface area contributed by atoms with Crippen LogP contribution in [0, 0.1) is 5.82 Å². The first-order chi connectivity index (χ1) is 13.9. The number of nitrogens with zero attached hydrogens (tertiary/aromatic N) is 1. The third-order valence-corrected chi connectivity index (χ3v) is 6.77. The number of carbonyl (C=O) groups excluding carboxylic acids is 3. The Hall–Kier alpha value is -1.97. The van der Waals surface area contributed by atoms with E-state index in [1.807, 2.05) is 12.1 Å². The Labute approximate surface area is 184 Å². The van der Waals surface area contributed by atoms with Gasteiger partial charge in [-0.3, -0.25) is 19.3 Å². The van der Waals surface area contributed by atoms with Crippen molar-refractivity contribution in [3.8, 4) is 0 Å². The van der Waals surface area contributed by atoms with E-state index in [2.05, 4.69) is 21.2 Å². The first-order valence-corrected chi connectivity index (χ1v) is 11.4. The van der Waals surface area contributed by atoms with Crippen LogP contribution in [0.25, 0.3) is 6.08 Å². The van der Waals surface area contributed by atoms with Crippen molar-refractivity contribution in [1.29, 1.82) is 0 Å². The molecule has 0 bridgehead atoms. The maximum absolute atomic E-state index is 13.8. The van der Waals surface area contributed by atoms with E-state index in [9.17, 15) is 18.8 Å². The van der Waals surface area contributed by atoms with Gasteiger partial charge in [0, 0.05) is 30.0 Å². The second kappa shape index (κ2) is 10.2. The lowest BCUT2D eigenvalue weighted by atomic mass is 10.2. The van der Waals surface area contributed by atoms with E-state index in [1.165, 1.54) is 17.0 Å². The smallest absolute Gasteiger partial charge is 0.293 e. The minimum atomic E-state index is -0.472. The summed E-state index contributed by atoms with van der Waals surface area (Å²) >= 11 is 5.83. The summed E-state index contributed by atoms with van der Waals surface area (Å²) in [5.41, 5.74) is 0.254. The predicted octanol–water partition coefficient (Wildman–Crippen LogP) is 4.83. The lowest BCUT2D eigenvalue weighted by molar-refractivity contribution is -0.124. The minimum absolute atomic E-state index is 0.0862. The maximum atomic E-state index is 13.8. The second-order valence-corrected chi connectivity index (χ2v) is 9.80. The van der Waals surface area contributed by atoms with Crippen LogP contribution in [0.15, 0.2) is 45.1 Å². The molecule has 2 aromatic rings. The number of aryl methyl sites for hydroxylation is 1. The Kier molecular flexibility index (Phi) is 7.63. The average Bonchev–Trinajstić information content (AvgIpc) is 3.21. The number of hydrogen-bond donors (Lipinski definition) is 1. The molecule has 1 aromatic heterocycles. The van der Waals surface area contributed by atoms with Gasteiger partial charge in [0.2, 0.25) is 5.91 Å². The van der Waals surface area contributed by atoms with E-state index < -0.39 is 17.0 Å². The fourth-order valence-corrected chi connectivity index (χ4v) is 5.11. The van der Waals surface area contributed by atoms with Gasteiger partial charge in [-0.1, -0.05) is 18.2 Å². The number of benzene rings is 1. The molecule has 9 heteroatoms. The van der Waals surface area contributed by atoms with Crippen LogP contribution in [0.4, 0.5) is 9.18 Å². The molecule has 29 heavy (non-hydrogen) atoms. The van der Waals surface area contributed by atoms with Crippen molar-refractivity contribution in [2.24, 2.45) is 0 Å². The number of halogens is 2. The fraction of sp³-hybridized carbons (Fsp3) is 0.250. The number of carbonyl (C=O) groups is 3. The molecule has 0 atom stereocenters. The number of thiophene rings is 1. The molecule has 1 aliphatic heterocycles. The number of amides is 3. The van der Waals surface area contributed by atoms with Crippen molar-refractivity contribution >= 4 is 62.2 Å². The van der Waals surface area contributed by atoms with Gasteiger partial charge in [-0.15, -0.1) is 11.3 Å². The van der Waals surface area contributed by atoms with Crippen molar-refractivity contribution in [1.82, 2.24) is 10.2 Å². The Morgan fingerprint density at radius 2 is 2.00 bits per heavy atom. The molecule has 1 aliphatic rings. The summed E-state index contributed by atoms with van der Waals surface area (Å²) in [7, 11) is 0. The van der Waals surface area contributed by atoms with Crippen LogP contribution >= 0.6 is 39.0 Å². The number of hydrogen-bond acceptors (Lipinski definition) is 5. The third-order valence-electron chi connectivity index (χ3n) is 4.18. The van der Waals surface area contributed by atoms with Crippen molar-refractivity contribution < 1.29 is 18.8 Å². The summed E-state index contributed by atoms with van der Waals surface area (Å²) < 4.78 is 14.8. The summed E-state index contributed by atoms with van der Waals surface area (Å²) in [6.45, 7) is 0.275. The Morgan fingerprint density at radius 1 is 1.21 bits per heavy atom. The fourth-order valence-electron chi connectivity index (χ4n) is 2.73. The standard InChI is InChI=1S/C20H18BrFN2O3S2/c21-17-9-8-14(28-17)5-3-7-18(25)23-10-11-24-19(26)16(29-20(24)27)12-13-4-1-2-6-15(13)22/h1-2,4,6,8-9,12H,3,5,7,10-11H2,(H,23,25)/b16-12-. The monoisotopic (exact) mass is 496 g/mol. The van der Waals surface area contributed by atoms with Gasteiger partial charge in [-0.25, -0.2) is 4.39 Å². The zero-order chi connectivity index (χ0) is 20.8. The number of imide groups is 1. The molecular formula is C20H18BrFN2O3S2. The van der Waals surface area contributed by atoms with Gasteiger partial charge in [0.25, 0.3) is 11.1 Å². The lowest BCUT2D eigenvalue weighted by Crippen LogP contribution is -2.37. The molecule has 0 spiro atoms. The first kappa shape index (κ1) is 21.7. The molecule has 0 saturated carbocycles. The Balaban J connectivity index is 1.44. The molecule has 1 fully saturated rings. The van der Waals surface area contributed by atoms with Crippen molar-refractivity contribution in [2.75, 3.05) is 13.1 Å². The molecule has 5 nitrogen and oxygen atoms in total. The topological polar surface area (TPSA) is 66.5 Å². The van der Waals surface area contributed by atoms with E-state index >= 15 is 0 Å². The molecule has 0 radical (unpaired) electrons. The highest BCUT2D eigenvalue weighted by Gasteiger charge is 2.34. The van der Waals surface area contributed by atoms with E-state index in [-0.39, 0.29) is 29.5 Å². The van der Waals surface area contributed by atoms with Crippen LogP contribution < -0.4 is 5.32 Å². The van der Waals surface area contributed by atoms with Crippen molar-refractivity contribution in [3.63, 3.8) is 0 Å². The molecular weight excluding hydrogens is 479 g/mol. The number of rotatable bonds is 8. The van der Waals surface area contributed by atoms with Crippen LogP contribution in [0.2, 0.25) is 0 Å². The molecule has 0 aliphatic carbocycles. The van der Waals surface area contributed by atoms with Crippen LogP contribution in [0.5, 0.6) is 0 Å². The normalized spacial score (nSPS) is 15.4. The summed E-state index contributed by atoms with van der Waals surface area (Å²) in [6.07, 6.45) is 3.31. The summed E-state index contributed by atoms with van der Waals surface area (Å²) in [5, 5.41) is 2.31. The van der Waals surface area contributed by atoms with Gasteiger partial charge >= 0.3 is 0 Å². The molecule has 1 N–H and O–H groups in total. The van der Waals surface area contributed by atoms with Crippen LogP contribution in [-0.4, -0.2) is 35.0 Å². The SMILES string of the molecule is O=C(CCCc1ccc(Br)s1)NCCN1C(=O)S/C(=C\c2ccccc2F)C1=O. The molecule has 3 amide bonds. The average molecular weight is 497 g/mol. The molecule has 1 saturated heterocycles. The van der Waals surface area contributed by atoms with Gasteiger partial charge in [0.15, 0.2) is 0 Å². The van der Waals surface area contributed by atoms with Crippen molar-refractivity contribution in [3.05, 3.63) is 61.3 Å². The lowest BCUT2D eigenvalue weighted by Gasteiger charge is -2.13. The first-order valence-electron chi connectivity index (χ1n) is 8.95. The zero-order valence-corrected chi connectivity index (χ0v) is 18.5. The van der Waals surface area contributed by atoms with Crippen LogP contribution in [-0.2, 0) is 16.0 Å². The minimum Gasteiger partial charge on any atom is -0.354 e. The van der Waals surface area contributed by atoms with Crippen molar-refractivity contribution in [2.45, 2.75) is 19.3 Å². The summed E-state index contributed by atoms with van der Waals surface area (Å²) in [5.74, 6) is -1.04. The second-order valence-electron chi connectivity index (χ2n) is 6.26. The Bertz CT molecular complexity index is 961. The van der Waals surface area contributed by atoms with Crippen LogP contribution in [0.3, 0.4) is 0 Å². The quantitative estimate of drug-likeness (QED) is 0.531. The third kappa shape index (κ3) is 6.01. The number of nitrogens with one attached hydrogen (secondary N) is 1. The molecule has 152 valence electrons. The van der Waals surface area contributed by atoms with Gasteiger partial charge in [-0.05, 0) is 64.8 Å². The summed E-state index contributed by atoms with van der Waals surface area (Å²) in [6, 6.07) is 10.1. The van der Waals surface area contributed by atoms with E-state index in [0.29, 0.717) is 6.42 Å². The van der Waals surface area contributed by atoms with Crippen LogP contribution in [0.1, 0.15) is 23.3 Å². The highest BCUT2D eigenvalue weighted by atomic mass is 79.9. The van der Waals surface area contributed by atoms with E-state index in [4.69, 9.17) is 0 Å². The zero-order valence-electron chi connectivity index (χ0n) is 15.3. The van der Waals surface area contributed by atoms with Gasteiger partial charge < -0.3 is 5.32 Å². The van der Waals surface area contributed by atoms with Gasteiger partial charge in [-0.2, -0.15) is 0 Å². The predicted molar refractivity (Wildman–Crippen MR) is 117 cm³/mol. The molecule has 0 unspecified atom stereocenters. The number of thioether (sulfide) groups is 1. The Morgan fingerprint density at radius 3 is 2.72 bits per heavy atom. The largest absolute Gasteiger partial charge is 0.354 e. The maximum Gasteiger partial charge on any atom is 0.293 e. The van der Waals surface area contributed by atoms with E-state index in [1.54, 1.807) is 29.5 Å². The molecule has 3 rings (SSSR count). The van der Waals surface area contributed by atoms with Gasteiger partial charge in [0.1, 0.15) is 5.82 Å². The highest BCUT2D eigenvalue weighted by molar-refractivity contribution is 9.11. The van der Waals surface area contributed by atoms with E-state index in [0.717, 1.165) is 33.3 Å². The summed E-state index contributed by atoms with van der Waals surface area (Å²) in [4.78, 5) is 38.9. The highest BCUT2D eigenvalue weighted by Crippen LogP contribution is 2.32.